The summed E-state index contributed by atoms with van der Waals surface area (Å²) < 4.78 is 14.0. The zero-order valence-electron chi connectivity index (χ0n) is 20.5. The molecule has 36 heavy (non-hydrogen) atoms. The number of benzene rings is 1. The van der Waals surface area contributed by atoms with E-state index in [4.69, 9.17) is 4.99 Å². The fourth-order valence-corrected chi connectivity index (χ4v) is 5.55. The van der Waals surface area contributed by atoms with Crippen LogP contribution < -0.4 is 10.7 Å². The predicted molar refractivity (Wildman–Crippen MR) is 129 cm³/mol. The van der Waals surface area contributed by atoms with Gasteiger partial charge in [0.25, 0.3) is 17.7 Å². The Hall–Kier alpha value is -3.63. The van der Waals surface area contributed by atoms with Crippen LogP contribution in [0, 0.1) is 11.7 Å². The Labute approximate surface area is 208 Å². The van der Waals surface area contributed by atoms with E-state index in [0.29, 0.717) is 37.6 Å². The van der Waals surface area contributed by atoms with Crippen molar-refractivity contribution in [2.45, 2.75) is 51.7 Å². The molecule has 4 aliphatic rings. The summed E-state index contributed by atoms with van der Waals surface area (Å²) in [5.41, 5.74) is 3.87. The molecule has 4 heterocycles. The van der Waals surface area contributed by atoms with Gasteiger partial charge in [0, 0.05) is 37.8 Å². The van der Waals surface area contributed by atoms with Crippen LogP contribution in [0.4, 0.5) is 4.39 Å². The van der Waals surface area contributed by atoms with Crippen molar-refractivity contribution >= 4 is 23.6 Å². The standard InChI is InChI=1S/C25H31FN6O4/c1-3-30-12-14(2)32-19-18(21(33)20(32)25(30)36)24(35)31-13-15-7-8-16(26)11-17(15)23(34)28-10-6-4-5-9-27-22(19)29-31/h7-8,11,14,18-19,33H,3-6,9-10,12-13H2,1-2H3,(H,27,29)(H,28,34)/t14-,18?,19?/m0/s1. The quantitative estimate of drug-likeness (QED) is 0.538. The number of carbonyl (C=O) groups excluding carboxylic acids is 3. The number of hydrazine groups is 1. The number of aliphatic imine (C=N–C) groups is 1. The minimum atomic E-state index is -1.01. The molecular weight excluding hydrogens is 467 g/mol. The number of hydrogen-bond acceptors (Lipinski definition) is 7. The number of likely N-dealkylation sites (N-methyl/N-ethyl adjacent to an activating group) is 1. The maximum Gasteiger partial charge on any atom is 0.273 e. The minimum absolute atomic E-state index is 0.0443. The highest BCUT2D eigenvalue weighted by Gasteiger charge is 2.57. The van der Waals surface area contributed by atoms with Crippen molar-refractivity contribution in [2.75, 3.05) is 26.2 Å². The molecular formula is C25H31FN6O4. The number of nitrogens with zero attached hydrogens (tertiary/aromatic N) is 4. The summed E-state index contributed by atoms with van der Waals surface area (Å²) in [4.78, 5) is 48.0. The number of fused-ring (bicyclic) bond motifs is 7. The molecule has 10 nitrogen and oxygen atoms in total. The van der Waals surface area contributed by atoms with Crippen LogP contribution in [-0.4, -0.2) is 81.7 Å². The van der Waals surface area contributed by atoms with Crippen LogP contribution in [0.3, 0.4) is 0 Å². The number of carbonyl (C=O) groups is 3. The van der Waals surface area contributed by atoms with Gasteiger partial charge in [-0.25, -0.2) is 4.39 Å². The molecule has 2 unspecified atom stereocenters. The van der Waals surface area contributed by atoms with E-state index in [1.807, 2.05) is 18.7 Å². The van der Waals surface area contributed by atoms with E-state index in [1.165, 1.54) is 17.1 Å². The first-order chi connectivity index (χ1) is 17.3. The van der Waals surface area contributed by atoms with Crippen molar-refractivity contribution in [3.05, 3.63) is 46.6 Å². The SMILES string of the molecule is CCN1C[C@H](C)N2C(=C(O)C3C(=O)N4Cc5ccc(F)cc5C(=O)NCCCCCN=C(N4)C32)C1=O. The fraction of sp³-hybridized carbons (Fsp3) is 0.520. The Balaban J connectivity index is 1.57. The third kappa shape index (κ3) is 3.96. The van der Waals surface area contributed by atoms with Gasteiger partial charge in [0.05, 0.1) is 6.54 Å². The average molecular weight is 499 g/mol. The summed E-state index contributed by atoms with van der Waals surface area (Å²) in [6, 6.07) is 3.15. The first kappa shape index (κ1) is 24.1. The smallest absolute Gasteiger partial charge is 0.273 e. The van der Waals surface area contributed by atoms with Gasteiger partial charge in [-0.1, -0.05) is 6.07 Å². The summed E-state index contributed by atoms with van der Waals surface area (Å²) in [5, 5.41) is 15.4. The second-order valence-electron chi connectivity index (χ2n) is 9.68. The van der Waals surface area contributed by atoms with Crippen molar-refractivity contribution < 1.29 is 23.9 Å². The highest BCUT2D eigenvalue weighted by atomic mass is 19.1. The van der Waals surface area contributed by atoms with Crippen molar-refractivity contribution in [3.8, 4) is 0 Å². The van der Waals surface area contributed by atoms with Crippen LogP contribution in [0.15, 0.2) is 34.6 Å². The number of halogens is 1. The van der Waals surface area contributed by atoms with Gasteiger partial charge in [-0.2, -0.15) is 0 Å². The molecule has 3 N–H and O–H groups in total. The summed E-state index contributed by atoms with van der Waals surface area (Å²) in [5.74, 6) is -2.45. The van der Waals surface area contributed by atoms with E-state index < -0.39 is 29.6 Å². The molecule has 0 radical (unpaired) electrons. The number of amides is 3. The molecule has 2 fully saturated rings. The maximum absolute atomic E-state index is 14.0. The van der Waals surface area contributed by atoms with Gasteiger partial charge in [-0.05, 0) is 50.8 Å². The molecule has 192 valence electrons. The molecule has 11 heteroatoms. The molecule has 2 saturated heterocycles. The Morgan fingerprint density at radius 2 is 2.00 bits per heavy atom. The molecule has 3 atom stereocenters. The molecule has 4 aliphatic heterocycles. The topological polar surface area (TPSA) is 118 Å². The zero-order valence-corrected chi connectivity index (χ0v) is 20.5. The fourth-order valence-electron chi connectivity index (χ4n) is 5.55. The lowest BCUT2D eigenvalue weighted by atomic mass is 9.94. The second-order valence-corrected chi connectivity index (χ2v) is 9.68. The van der Waals surface area contributed by atoms with Gasteiger partial charge in [0.1, 0.15) is 35.1 Å². The van der Waals surface area contributed by atoms with Crippen LogP contribution >= 0.6 is 0 Å². The summed E-state index contributed by atoms with van der Waals surface area (Å²) in [6.07, 6.45) is 2.34. The largest absolute Gasteiger partial charge is 0.509 e. The molecule has 1 aromatic rings. The third-order valence-electron chi connectivity index (χ3n) is 7.35. The lowest BCUT2D eigenvalue weighted by Gasteiger charge is -2.45. The Kier molecular flexibility index (Phi) is 6.31. The highest BCUT2D eigenvalue weighted by Crippen LogP contribution is 2.41. The number of aliphatic hydroxyl groups is 1. The Morgan fingerprint density at radius 1 is 1.19 bits per heavy atom. The van der Waals surface area contributed by atoms with Crippen LogP contribution in [0.2, 0.25) is 0 Å². The Morgan fingerprint density at radius 3 is 2.78 bits per heavy atom. The van der Waals surface area contributed by atoms with Gasteiger partial charge < -0.3 is 20.2 Å². The molecule has 0 spiro atoms. The van der Waals surface area contributed by atoms with Gasteiger partial charge in [-0.15, -0.1) is 0 Å². The number of rotatable bonds is 1. The zero-order chi connectivity index (χ0) is 25.6. The molecule has 2 bridgehead atoms. The van der Waals surface area contributed by atoms with Crippen LogP contribution in [0.1, 0.15) is 49.0 Å². The van der Waals surface area contributed by atoms with Crippen LogP contribution in [-0.2, 0) is 16.1 Å². The number of nitrogens with one attached hydrogen (secondary N) is 2. The number of hydrogen-bond donors (Lipinski definition) is 3. The molecule has 0 aliphatic carbocycles. The summed E-state index contributed by atoms with van der Waals surface area (Å²) in [7, 11) is 0. The maximum atomic E-state index is 14.0. The summed E-state index contributed by atoms with van der Waals surface area (Å²) >= 11 is 0. The predicted octanol–water partition coefficient (Wildman–Crippen LogP) is 1.31. The monoisotopic (exact) mass is 498 g/mol. The normalized spacial score (nSPS) is 27.0. The number of aliphatic hydroxyl groups excluding tert-OH is 1. The molecule has 0 aromatic heterocycles. The first-order valence-electron chi connectivity index (χ1n) is 12.5. The van der Waals surface area contributed by atoms with Crippen molar-refractivity contribution in [1.82, 2.24) is 25.6 Å². The van der Waals surface area contributed by atoms with Gasteiger partial charge >= 0.3 is 0 Å². The van der Waals surface area contributed by atoms with Gasteiger partial charge in [-0.3, -0.25) is 29.8 Å². The summed E-state index contributed by atoms with van der Waals surface area (Å²) in [6.45, 7) is 5.73. The van der Waals surface area contributed by atoms with Crippen molar-refractivity contribution in [3.63, 3.8) is 0 Å². The van der Waals surface area contributed by atoms with E-state index in [9.17, 15) is 23.9 Å². The molecule has 0 saturated carbocycles. The number of piperazine rings is 1. The van der Waals surface area contributed by atoms with Gasteiger partial charge in [0.15, 0.2) is 0 Å². The second kappa shape index (κ2) is 9.44. The van der Waals surface area contributed by atoms with Crippen LogP contribution in [0.5, 0.6) is 0 Å². The van der Waals surface area contributed by atoms with E-state index in [1.54, 1.807) is 4.90 Å². The molecule has 5 rings (SSSR count). The van der Waals surface area contributed by atoms with E-state index in [0.717, 1.165) is 25.3 Å². The number of amidine groups is 1. The van der Waals surface area contributed by atoms with E-state index in [2.05, 4.69) is 10.7 Å². The molecule has 3 amide bonds. The first-order valence-corrected chi connectivity index (χ1v) is 12.5. The van der Waals surface area contributed by atoms with Gasteiger partial charge in [0.2, 0.25) is 0 Å². The van der Waals surface area contributed by atoms with Crippen molar-refractivity contribution in [2.24, 2.45) is 10.9 Å². The van der Waals surface area contributed by atoms with E-state index >= 15 is 0 Å². The Bertz CT molecular complexity index is 1170. The third-order valence-corrected chi connectivity index (χ3v) is 7.35. The van der Waals surface area contributed by atoms with Crippen molar-refractivity contribution in [1.29, 1.82) is 0 Å². The van der Waals surface area contributed by atoms with E-state index in [-0.39, 0.29) is 35.5 Å². The van der Waals surface area contributed by atoms with Crippen LogP contribution in [0.25, 0.3) is 0 Å². The highest BCUT2D eigenvalue weighted by molar-refractivity contribution is 6.05. The minimum Gasteiger partial charge on any atom is -0.509 e. The lowest BCUT2D eigenvalue weighted by molar-refractivity contribution is -0.141. The molecule has 1 aromatic carbocycles. The lowest BCUT2D eigenvalue weighted by Crippen LogP contribution is -2.66. The average Bonchev–Trinajstić information content (AvgIpc) is 3.17.